The molecule has 3 aromatic carbocycles. The number of ketones is 1. The third-order valence-electron chi connectivity index (χ3n) is 7.88. The lowest BCUT2D eigenvalue weighted by molar-refractivity contribution is -0.175. The Kier molecular flexibility index (Phi) is 10.5. The first-order chi connectivity index (χ1) is 22.7. The lowest BCUT2D eigenvalue weighted by atomic mass is 9.77. The zero-order chi connectivity index (χ0) is 33.3. The standard InChI is InChI=1S/C35H33F3N4O5/c36-35(37,38)28-15-13-25(14-16-28)19-34(32(44)46-21-26-9-3-1-4-10-26,33(45)47-22-27-11-5-2-6-12-27)17-7-8-18-42-24-41-30-29(43)20-39-23-40-31(30)42/h1-6,9-16,23-24H,7-8,17-22H2,(H,39,40). The second-order valence-electron chi connectivity index (χ2n) is 11.2. The Balaban J connectivity index is 1.41. The number of aliphatic imine (C=N–C) groups is 1. The van der Waals surface area contributed by atoms with Crippen LogP contribution in [0.4, 0.5) is 19.0 Å². The molecular formula is C35H33F3N4O5. The second-order valence-corrected chi connectivity index (χ2v) is 11.2. The summed E-state index contributed by atoms with van der Waals surface area (Å²) in [5, 5.41) is 2.97. The Morgan fingerprint density at radius 2 is 1.40 bits per heavy atom. The van der Waals surface area contributed by atoms with Crippen LogP contribution >= 0.6 is 0 Å². The number of carbonyl (C=O) groups excluding carboxylic acids is 3. The molecule has 12 heteroatoms. The van der Waals surface area contributed by atoms with Gasteiger partial charge in [-0.3, -0.25) is 19.4 Å². The fourth-order valence-corrected chi connectivity index (χ4v) is 5.33. The van der Waals surface area contributed by atoms with Gasteiger partial charge in [0.2, 0.25) is 5.78 Å². The number of alkyl halides is 3. The molecule has 47 heavy (non-hydrogen) atoms. The highest BCUT2D eigenvalue weighted by Crippen LogP contribution is 2.36. The zero-order valence-electron chi connectivity index (χ0n) is 25.4. The number of unbranched alkanes of at least 4 members (excludes halogenated alkanes) is 1. The van der Waals surface area contributed by atoms with Crippen molar-refractivity contribution in [1.29, 1.82) is 0 Å². The second kappa shape index (κ2) is 14.9. The largest absolute Gasteiger partial charge is 0.460 e. The van der Waals surface area contributed by atoms with Gasteiger partial charge in [0.1, 0.15) is 25.6 Å². The summed E-state index contributed by atoms with van der Waals surface area (Å²) < 4.78 is 53.2. The Hall–Kier alpha value is -5.26. The molecule has 1 N–H and O–H groups in total. The Morgan fingerprint density at radius 3 is 1.98 bits per heavy atom. The SMILES string of the molecule is O=C1CN=CNc2c1ncn2CCCCC(Cc1ccc(C(F)(F)F)cc1)(C(=O)OCc1ccccc1)C(=O)OCc1ccccc1. The number of benzene rings is 3. The van der Waals surface area contributed by atoms with E-state index in [2.05, 4.69) is 15.3 Å². The van der Waals surface area contributed by atoms with Crippen LogP contribution in [0.5, 0.6) is 0 Å². The van der Waals surface area contributed by atoms with Gasteiger partial charge in [-0.1, -0.05) is 72.8 Å². The number of esters is 2. The summed E-state index contributed by atoms with van der Waals surface area (Å²) in [4.78, 5) is 48.6. The summed E-state index contributed by atoms with van der Waals surface area (Å²) in [5.41, 5.74) is -0.694. The maximum Gasteiger partial charge on any atom is 0.416 e. The van der Waals surface area contributed by atoms with Crippen molar-refractivity contribution in [2.45, 2.75) is 51.6 Å². The fraction of sp³-hybridized carbons (Fsp3) is 0.286. The van der Waals surface area contributed by atoms with E-state index in [1.807, 2.05) is 12.1 Å². The number of halogens is 3. The quantitative estimate of drug-likeness (QED) is 0.101. The molecule has 1 aromatic heterocycles. The molecule has 1 aliphatic heterocycles. The first kappa shape index (κ1) is 33.1. The van der Waals surface area contributed by atoms with Crippen molar-refractivity contribution in [3.05, 3.63) is 119 Å². The van der Waals surface area contributed by atoms with Crippen molar-refractivity contribution in [3.63, 3.8) is 0 Å². The highest BCUT2D eigenvalue weighted by atomic mass is 19.4. The van der Waals surface area contributed by atoms with E-state index in [-0.39, 0.29) is 44.1 Å². The molecule has 0 spiro atoms. The number of nitrogens with one attached hydrogen (secondary N) is 1. The van der Waals surface area contributed by atoms with Gasteiger partial charge in [-0.15, -0.1) is 0 Å². The molecule has 0 radical (unpaired) electrons. The van der Waals surface area contributed by atoms with Crippen LogP contribution in [0, 0.1) is 5.41 Å². The zero-order valence-corrected chi connectivity index (χ0v) is 25.4. The molecule has 0 atom stereocenters. The third kappa shape index (κ3) is 8.32. The van der Waals surface area contributed by atoms with Crippen LogP contribution in [0.25, 0.3) is 0 Å². The molecule has 244 valence electrons. The lowest BCUT2D eigenvalue weighted by Crippen LogP contribution is -2.44. The van der Waals surface area contributed by atoms with E-state index in [0.29, 0.717) is 41.9 Å². The fourth-order valence-electron chi connectivity index (χ4n) is 5.33. The van der Waals surface area contributed by atoms with Crippen molar-refractivity contribution in [2.24, 2.45) is 10.4 Å². The Morgan fingerprint density at radius 1 is 0.809 bits per heavy atom. The van der Waals surface area contributed by atoms with Crippen LogP contribution < -0.4 is 5.32 Å². The highest BCUT2D eigenvalue weighted by molar-refractivity contribution is 6.04. The van der Waals surface area contributed by atoms with E-state index in [0.717, 1.165) is 12.1 Å². The van der Waals surface area contributed by atoms with E-state index in [9.17, 15) is 27.6 Å². The van der Waals surface area contributed by atoms with Gasteiger partial charge >= 0.3 is 18.1 Å². The summed E-state index contributed by atoms with van der Waals surface area (Å²) in [6, 6.07) is 22.3. The van der Waals surface area contributed by atoms with E-state index in [1.165, 1.54) is 24.8 Å². The molecule has 0 amide bonds. The number of hydrogen-bond acceptors (Lipinski definition) is 8. The number of carbonyl (C=O) groups is 3. The summed E-state index contributed by atoms with van der Waals surface area (Å²) in [7, 11) is 0. The van der Waals surface area contributed by atoms with Crippen molar-refractivity contribution in [2.75, 3.05) is 11.9 Å². The van der Waals surface area contributed by atoms with Crippen LogP contribution in [0.2, 0.25) is 0 Å². The molecule has 0 aliphatic carbocycles. The van der Waals surface area contributed by atoms with Crippen LogP contribution in [-0.4, -0.2) is 40.2 Å². The van der Waals surface area contributed by atoms with Gasteiger partial charge in [0.05, 0.1) is 18.2 Å². The number of aromatic nitrogens is 2. The van der Waals surface area contributed by atoms with Crippen LogP contribution in [0.15, 0.2) is 96.2 Å². The number of rotatable bonds is 13. The number of nitrogens with zero attached hydrogens (tertiary/aromatic N) is 3. The lowest BCUT2D eigenvalue weighted by Gasteiger charge is -2.30. The minimum Gasteiger partial charge on any atom is -0.460 e. The summed E-state index contributed by atoms with van der Waals surface area (Å²) in [6.45, 7) is 0.163. The number of hydrogen-bond donors (Lipinski definition) is 1. The van der Waals surface area contributed by atoms with Crippen molar-refractivity contribution in [3.8, 4) is 0 Å². The van der Waals surface area contributed by atoms with Crippen LogP contribution in [-0.2, 0) is 51.4 Å². The van der Waals surface area contributed by atoms with Crippen LogP contribution in [0.3, 0.4) is 0 Å². The average Bonchev–Trinajstić information content (AvgIpc) is 3.39. The molecule has 0 unspecified atom stereocenters. The molecule has 0 fully saturated rings. The number of ether oxygens (including phenoxy) is 2. The molecule has 0 saturated heterocycles. The topological polar surface area (TPSA) is 112 Å². The van der Waals surface area contributed by atoms with Gasteiger partial charge in [-0.2, -0.15) is 13.2 Å². The van der Waals surface area contributed by atoms with Crippen molar-refractivity contribution < 1.29 is 37.0 Å². The molecule has 2 heterocycles. The maximum absolute atomic E-state index is 14.0. The first-order valence-electron chi connectivity index (χ1n) is 15.1. The summed E-state index contributed by atoms with van der Waals surface area (Å²) >= 11 is 0. The number of Topliss-reactive ketones (excluding diaryl/α,β-unsaturated/α-hetero) is 1. The van der Waals surface area contributed by atoms with Gasteiger partial charge < -0.3 is 19.4 Å². The number of anilines is 1. The van der Waals surface area contributed by atoms with Gasteiger partial charge in [-0.25, -0.2) is 4.98 Å². The number of imidazole rings is 1. The minimum absolute atomic E-state index is 0.0139. The van der Waals surface area contributed by atoms with E-state index in [1.54, 1.807) is 53.1 Å². The Bertz CT molecular complexity index is 1650. The normalized spacial score (nSPS) is 13.0. The average molecular weight is 647 g/mol. The third-order valence-corrected chi connectivity index (χ3v) is 7.88. The van der Waals surface area contributed by atoms with E-state index < -0.39 is 29.1 Å². The van der Waals surface area contributed by atoms with Crippen LogP contribution in [0.1, 0.15) is 52.0 Å². The molecule has 0 bridgehead atoms. The molecule has 0 saturated carbocycles. The highest BCUT2D eigenvalue weighted by Gasteiger charge is 2.49. The van der Waals surface area contributed by atoms with E-state index in [4.69, 9.17) is 9.47 Å². The van der Waals surface area contributed by atoms with Gasteiger partial charge in [0.15, 0.2) is 11.1 Å². The molecule has 9 nitrogen and oxygen atoms in total. The number of aryl methyl sites for hydroxylation is 1. The predicted molar refractivity (Wildman–Crippen MR) is 167 cm³/mol. The summed E-state index contributed by atoms with van der Waals surface area (Å²) in [6.07, 6.45) is -1.04. The van der Waals surface area contributed by atoms with Gasteiger partial charge in [0, 0.05) is 6.54 Å². The monoisotopic (exact) mass is 646 g/mol. The van der Waals surface area contributed by atoms with E-state index >= 15 is 0 Å². The van der Waals surface area contributed by atoms with Crippen molar-refractivity contribution in [1.82, 2.24) is 9.55 Å². The first-order valence-corrected chi connectivity index (χ1v) is 15.1. The maximum atomic E-state index is 14.0. The molecule has 4 aromatic rings. The number of fused-ring (bicyclic) bond motifs is 1. The Labute approximate surface area is 269 Å². The van der Waals surface area contributed by atoms with Crippen molar-refractivity contribution >= 4 is 29.9 Å². The molecule has 5 rings (SSSR count). The summed E-state index contributed by atoms with van der Waals surface area (Å²) in [5.74, 6) is -1.40. The smallest absolute Gasteiger partial charge is 0.416 e. The molecule has 1 aliphatic rings. The molecular weight excluding hydrogens is 613 g/mol. The minimum atomic E-state index is -4.55. The van der Waals surface area contributed by atoms with Gasteiger partial charge in [-0.05, 0) is 54.5 Å². The van der Waals surface area contributed by atoms with Gasteiger partial charge in [0.25, 0.3) is 0 Å². The predicted octanol–water partition coefficient (Wildman–Crippen LogP) is 6.42.